The van der Waals surface area contributed by atoms with E-state index in [4.69, 9.17) is 9.72 Å². The number of carbonyl (C=O) groups is 1. The molecular formula is C25H32N2O3. The Morgan fingerprint density at radius 3 is 2.93 bits per heavy atom. The van der Waals surface area contributed by atoms with E-state index in [1.54, 1.807) is 0 Å². The van der Waals surface area contributed by atoms with Crippen LogP contribution in [0.25, 0.3) is 0 Å². The lowest BCUT2D eigenvalue weighted by Gasteiger charge is -2.17. The van der Waals surface area contributed by atoms with Crippen molar-refractivity contribution in [2.24, 2.45) is 0 Å². The lowest BCUT2D eigenvalue weighted by atomic mass is 9.89. The fourth-order valence-electron chi connectivity index (χ4n) is 4.60. The fraction of sp³-hybridized carbons (Fsp3) is 0.520. The average Bonchev–Trinajstić information content (AvgIpc) is 3.23. The molecule has 2 aromatic rings. The predicted octanol–water partition coefficient (Wildman–Crippen LogP) is 5.13. The molecule has 2 aliphatic heterocycles. The summed E-state index contributed by atoms with van der Waals surface area (Å²) in [5.74, 6) is 0.275. The molecule has 30 heavy (non-hydrogen) atoms. The van der Waals surface area contributed by atoms with E-state index in [9.17, 15) is 9.90 Å². The topological polar surface area (TPSA) is 71.5 Å². The van der Waals surface area contributed by atoms with Crippen molar-refractivity contribution in [2.45, 2.75) is 70.1 Å². The number of nitrogens with zero attached hydrogens (tertiary/aromatic N) is 1. The minimum Gasteiger partial charge on any atom is -0.493 e. The number of aryl methyl sites for hydroxylation is 2. The molecule has 2 N–H and O–H groups in total. The van der Waals surface area contributed by atoms with Crippen LogP contribution in [-0.2, 0) is 24.1 Å². The SMILES string of the molecule is O=C(O)CC(CCCCCCc1ccc2c(n1)CCCN2)c1ccc2c(c1)OCC2. The highest BCUT2D eigenvalue weighted by Gasteiger charge is 2.19. The first-order valence-corrected chi connectivity index (χ1v) is 11.4. The van der Waals surface area contributed by atoms with E-state index in [-0.39, 0.29) is 12.3 Å². The van der Waals surface area contributed by atoms with Gasteiger partial charge < -0.3 is 15.2 Å². The Balaban J connectivity index is 1.22. The highest BCUT2D eigenvalue weighted by Crippen LogP contribution is 2.33. The largest absolute Gasteiger partial charge is 0.493 e. The van der Waals surface area contributed by atoms with Crippen LogP contribution in [0.3, 0.4) is 0 Å². The Hall–Kier alpha value is -2.56. The monoisotopic (exact) mass is 408 g/mol. The summed E-state index contributed by atoms with van der Waals surface area (Å²) in [6.45, 7) is 1.79. The molecule has 1 unspecified atom stereocenters. The van der Waals surface area contributed by atoms with Crippen LogP contribution in [-0.4, -0.2) is 29.2 Å². The Bertz CT molecular complexity index is 881. The smallest absolute Gasteiger partial charge is 0.303 e. The maximum absolute atomic E-state index is 11.4. The second-order valence-corrected chi connectivity index (χ2v) is 8.54. The summed E-state index contributed by atoms with van der Waals surface area (Å²) in [4.78, 5) is 16.2. The van der Waals surface area contributed by atoms with Crippen molar-refractivity contribution in [3.8, 4) is 5.75 Å². The van der Waals surface area contributed by atoms with Crippen LogP contribution < -0.4 is 10.1 Å². The molecule has 0 spiro atoms. The van der Waals surface area contributed by atoms with Gasteiger partial charge in [-0.3, -0.25) is 9.78 Å². The van der Waals surface area contributed by atoms with E-state index in [2.05, 4.69) is 35.6 Å². The third-order valence-electron chi connectivity index (χ3n) is 6.29. The van der Waals surface area contributed by atoms with Crippen molar-refractivity contribution < 1.29 is 14.6 Å². The minimum atomic E-state index is -0.727. The molecule has 0 aliphatic carbocycles. The molecule has 0 amide bonds. The molecule has 0 bridgehead atoms. The molecule has 3 heterocycles. The van der Waals surface area contributed by atoms with Gasteiger partial charge in [-0.25, -0.2) is 0 Å². The van der Waals surface area contributed by atoms with Crippen LogP contribution in [0.15, 0.2) is 30.3 Å². The number of aromatic nitrogens is 1. The van der Waals surface area contributed by atoms with Gasteiger partial charge in [0.1, 0.15) is 5.75 Å². The Morgan fingerprint density at radius 2 is 2.03 bits per heavy atom. The number of carboxylic acids is 1. The van der Waals surface area contributed by atoms with Gasteiger partial charge in [0.15, 0.2) is 0 Å². The van der Waals surface area contributed by atoms with Gasteiger partial charge in [-0.2, -0.15) is 0 Å². The van der Waals surface area contributed by atoms with Crippen molar-refractivity contribution in [1.82, 2.24) is 4.98 Å². The van der Waals surface area contributed by atoms with Gasteiger partial charge in [-0.1, -0.05) is 31.4 Å². The summed E-state index contributed by atoms with van der Waals surface area (Å²) >= 11 is 0. The lowest BCUT2D eigenvalue weighted by molar-refractivity contribution is -0.137. The zero-order valence-electron chi connectivity index (χ0n) is 17.7. The van der Waals surface area contributed by atoms with Crippen LogP contribution in [0.4, 0.5) is 5.69 Å². The highest BCUT2D eigenvalue weighted by molar-refractivity contribution is 5.68. The molecule has 1 aromatic carbocycles. The van der Waals surface area contributed by atoms with Gasteiger partial charge in [-0.15, -0.1) is 0 Å². The zero-order valence-corrected chi connectivity index (χ0v) is 17.7. The van der Waals surface area contributed by atoms with Gasteiger partial charge in [-0.05, 0) is 67.3 Å². The van der Waals surface area contributed by atoms with E-state index < -0.39 is 5.97 Å². The fourth-order valence-corrected chi connectivity index (χ4v) is 4.60. The van der Waals surface area contributed by atoms with E-state index in [1.165, 1.54) is 22.6 Å². The molecule has 0 saturated carbocycles. The van der Waals surface area contributed by atoms with Gasteiger partial charge in [0.2, 0.25) is 0 Å². The second kappa shape index (κ2) is 9.96. The first-order chi connectivity index (χ1) is 14.7. The van der Waals surface area contributed by atoms with E-state index in [0.717, 1.165) is 82.3 Å². The van der Waals surface area contributed by atoms with Crippen molar-refractivity contribution in [3.05, 3.63) is 52.8 Å². The molecule has 0 fully saturated rings. The van der Waals surface area contributed by atoms with Gasteiger partial charge >= 0.3 is 5.97 Å². The summed E-state index contributed by atoms with van der Waals surface area (Å²) in [6, 6.07) is 10.6. The summed E-state index contributed by atoms with van der Waals surface area (Å²) < 4.78 is 5.67. The average molecular weight is 409 g/mol. The van der Waals surface area contributed by atoms with Crippen LogP contribution in [0.2, 0.25) is 0 Å². The standard InChI is InChI=1S/C25H32N2O3/c28-25(29)17-19(20-10-9-18-13-15-30-24(18)16-20)6-3-1-2-4-7-21-11-12-22-23(27-21)8-5-14-26-22/h9-12,16,19,26H,1-8,13-15,17H2,(H,28,29). The Kier molecular flexibility index (Phi) is 6.88. The van der Waals surface area contributed by atoms with Crippen LogP contribution in [0, 0.1) is 0 Å². The Morgan fingerprint density at radius 1 is 1.13 bits per heavy atom. The first-order valence-electron chi connectivity index (χ1n) is 11.4. The summed E-state index contributed by atoms with van der Waals surface area (Å²) in [7, 11) is 0. The molecule has 4 rings (SSSR count). The molecule has 2 aliphatic rings. The molecule has 5 heteroatoms. The number of aliphatic carboxylic acids is 1. The van der Waals surface area contributed by atoms with Crippen molar-refractivity contribution in [3.63, 3.8) is 0 Å². The molecule has 1 aromatic heterocycles. The maximum Gasteiger partial charge on any atom is 0.303 e. The van der Waals surface area contributed by atoms with Crippen molar-refractivity contribution in [2.75, 3.05) is 18.5 Å². The third-order valence-corrected chi connectivity index (χ3v) is 6.29. The number of hydrogen-bond acceptors (Lipinski definition) is 4. The van der Waals surface area contributed by atoms with Crippen molar-refractivity contribution in [1.29, 1.82) is 0 Å². The molecule has 160 valence electrons. The quantitative estimate of drug-likeness (QED) is 0.534. The number of pyridine rings is 1. The van der Waals surface area contributed by atoms with Crippen LogP contribution in [0.1, 0.15) is 73.4 Å². The minimum absolute atomic E-state index is 0.0619. The number of anilines is 1. The van der Waals surface area contributed by atoms with Crippen LogP contribution in [0.5, 0.6) is 5.75 Å². The predicted molar refractivity (Wildman–Crippen MR) is 118 cm³/mol. The molecular weight excluding hydrogens is 376 g/mol. The third kappa shape index (κ3) is 5.32. The number of benzene rings is 1. The molecule has 0 radical (unpaired) electrons. The molecule has 1 atom stereocenters. The van der Waals surface area contributed by atoms with Crippen molar-refractivity contribution >= 4 is 11.7 Å². The number of fused-ring (bicyclic) bond motifs is 2. The lowest BCUT2D eigenvalue weighted by Crippen LogP contribution is -2.13. The number of rotatable bonds is 10. The van der Waals surface area contributed by atoms with E-state index in [1.807, 2.05) is 0 Å². The number of unbranched alkanes of at least 4 members (excludes halogenated alkanes) is 3. The normalized spacial score (nSPS) is 15.6. The zero-order chi connectivity index (χ0) is 20.8. The van der Waals surface area contributed by atoms with Gasteiger partial charge in [0, 0.05) is 18.7 Å². The summed E-state index contributed by atoms with van der Waals surface area (Å²) in [5.41, 5.74) is 5.95. The Labute approximate surface area is 178 Å². The van der Waals surface area contributed by atoms with E-state index >= 15 is 0 Å². The molecule has 5 nitrogen and oxygen atoms in total. The van der Waals surface area contributed by atoms with E-state index in [0.29, 0.717) is 0 Å². The number of ether oxygens (including phenoxy) is 1. The number of carboxylic acid groups (broad SMARTS) is 1. The number of nitrogens with one attached hydrogen (secondary N) is 1. The van der Waals surface area contributed by atoms with Crippen LogP contribution >= 0.6 is 0 Å². The second-order valence-electron chi connectivity index (χ2n) is 8.54. The first kappa shape index (κ1) is 20.7. The van der Waals surface area contributed by atoms with Gasteiger partial charge in [0.25, 0.3) is 0 Å². The number of hydrogen-bond donors (Lipinski definition) is 2. The summed E-state index contributed by atoms with van der Waals surface area (Å²) in [6.07, 6.45) is 9.79. The highest BCUT2D eigenvalue weighted by atomic mass is 16.5. The summed E-state index contributed by atoms with van der Waals surface area (Å²) in [5, 5.41) is 12.8. The molecule has 0 saturated heterocycles. The van der Waals surface area contributed by atoms with Gasteiger partial charge in [0.05, 0.1) is 24.4 Å². The maximum atomic E-state index is 11.4.